The van der Waals surface area contributed by atoms with Crippen molar-refractivity contribution in [2.24, 2.45) is 81.3 Å². The molecule has 10 unspecified atom stereocenters. The molecule has 210 valence electrons. The average Bonchev–Trinajstić information content (AvgIpc) is 2.78. The summed E-state index contributed by atoms with van der Waals surface area (Å²) in [5.74, 6) is 9.57. The van der Waals surface area contributed by atoms with E-state index in [9.17, 15) is 0 Å². The second-order valence-corrected chi connectivity index (χ2v) is 17.0. The Labute approximate surface area is 231 Å². The van der Waals surface area contributed by atoms with Crippen molar-refractivity contribution in [1.29, 1.82) is 0 Å². The van der Waals surface area contributed by atoms with Gasteiger partial charge in [0.05, 0.1) is 0 Å². The maximum atomic E-state index is 4.93. The fraction of sp³-hybridized carbons (Fsp3) is 0.892. The van der Waals surface area contributed by atoms with Crippen molar-refractivity contribution in [2.45, 2.75) is 128 Å². The van der Waals surface area contributed by atoms with Crippen LogP contribution in [0.25, 0.3) is 0 Å². The lowest BCUT2D eigenvalue weighted by molar-refractivity contribution is -0.195. The number of hydrogen-bond acceptors (Lipinski definition) is 0. The third-order valence-corrected chi connectivity index (χ3v) is 14.7. The lowest BCUT2D eigenvalue weighted by Gasteiger charge is -2.71. The van der Waals surface area contributed by atoms with Crippen LogP contribution >= 0.6 is 0 Å². The van der Waals surface area contributed by atoms with Gasteiger partial charge in [-0.1, -0.05) is 94.2 Å². The SMILES string of the molecule is C=C1C(C(C)C)=C(C)C[C@]2(C)C[C@]3(C)CC4C(C5CCC(C)C(C)C5)CCC(C)C4C(C)C3C(C)[C@]12C. The molecular weight excluding hydrogens is 444 g/mol. The highest BCUT2D eigenvalue weighted by molar-refractivity contribution is 5.46. The molecule has 0 spiro atoms. The minimum Gasteiger partial charge on any atom is -0.0950 e. The van der Waals surface area contributed by atoms with Gasteiger partial charge < -0.3 is 0 Å². The topological polar surface area (TPSA) is 0 Å². The van der Waals surface area contributed by atoms with Crippen LogP contribution in [0.5, 0.6) is 0 Å². The molecule has 0 amide bonds. The summed E-state index contributed by atoms with van der Waals surface area (Å²) < 4.78 is 0. The Kier molecular flexibility index (Phi) is 7.02. The first-order chi connectivity index (χ1) is 17.2. The molecule has 0 aromatic heterocycles. The minimum atomic E-state index is 0.212. The number of fused-ring (bicyclic) bond motifs is 3. The fourth-order valence-corrected chi connectivity index (χ4v) is 13.1. The molecular formula is C37H62. The maximum absolute atomic E-state index is 4.93. The molecule has 0 saturated heterocycles. The summed E-state index contributed by atoms with van der Waals surface area (Å²) >= 11 is 0. The fourth-order valence-electron chi connectivity index (χ4n) is 13.1. The summed E-state index contributed by atoms with van der Waals surface area (Å²) in [5, 5.41) is 0. The smallest absolute Gasteiger partial charge is 0.000721 e. The van der Waals surface area contributed by atoms with Crippen molar-refractivity contribution in [3.8, 4) is 0 Å². The van der Waals surface area contributed by atoms with Crippen LogP contribution in [0.1, 0.15) is 128 Å². The van der Waals surface area contributed by atoms with Crippen molar-refractivity contribution in [3.63, 3.8) is 0 Å². The largest absolute Gasteiger partial charge is 0.0950 e. The van der Waals surface area contributed by atoms with Crippen LogP contribution in [0.4, 0.5) is 0 Å². The van der Waals surface area contributed by atoms with Gasteiger partial charge in [0, 0.05) is 5.41 Å². The molecule has 0 heteroatoms. The standard InChI is InChI=1S/C37H62/c1-21(2)32-25(6)18-36(11)20-35(10)19-31-30(29-15-13-22(3)24(5)17-29)16-14-23(4)33(31)26(7)34(35)28(9)37(36,12)27(32)8/h21-24,26,28-31,33-34H,8,13-20H2,1-7,9-12H3/t22?,23?,24?,26?,28?,29?,30?,31?,33?,34?,35-,36+,37-/m0/s1. The molecule has 0 nitrogen and oxygen atoms in total. The second kappa shape index (κ2) is 9.26. The average molecular weight is 507 g/mol. The Morgan fingerprint density at radius 3 is 2.11 bits per heavy atom. The minimum absolute atomic E-state index is 0.212. The zero-order valence-corrected chi connectivity index (χ0v) is 26.7. The molecule has 0 N–H and O–H groups in total. The highest BCUT2D eigenvalue weighted by Crippen LogP contribution is 2.74. The lowest BCUT2D eigenvalue weighted by Crippen LogP contribution is -2.64. The zero-order valence-electron chi connectivity index (χ0n) is 26.7. The van der Waals surface area contributed by atoms with Gasteiger partial charge in [0.1, 0.15) is 0 Å². The van der Waals surface area contributed by atoms with E-state index in [1.165, 1.54) is 56.9 Å². The van der Waals surface area contributed by atoms with Crippen LogP contribution in [0.2, 0.25) is 0 Å². The van der Waals surface area contributed by atoms with E-state index >= 15 is 0 Å². The van der Waals surface area contributed by atoms with E-state index in [4.69, 9.17) is 6.58 Å². The van der Waals surface area contributed by atoms with Gasteiger partial charge in [-0.05, 0) is 133 Å². The Balaban J connectivity index is 1.53. The molecule has 0 radical (unpaired) electrons. The van der Waals surface area contributed by atoms with Gasteiger partial charge in [-0.25, -0.2) is 0 Å². The normalized spacial score (nSPS) is 54.5. The quantitative estimate of drug-likeness (QED) is 0.349. The van der Waals surface area contributed by atoms with Gasteiger partial charge in [-0.15, -0.1) is 0 Å². The highest BCUT2D eigenvalue weighted by atomic mass is 14.7. The number of hydrogen-bond donors (Lipinski definition) is 0. The predicted molar refractivity (Wildman–Crippen MR) is 161 cm³/mol. The number of rotatable bonds is 2. The van der Waals surface area contributed by atoms with Crippen molar-refractivity contribution in [1.82, 2.24) is 0 Å². The van der Waals surface area contributed by atoms with Crippen LogP contribution in [-0.2, 0) is 0 Å². The van der Waals surface area contributed by atoms with Gasteiger partial charge >= 0.3 is 0 Å². The van der Waals surface area contributed by atoms with E-state index in [0.717, 1.165) is 53.3 Å². The first-order valence-corrected chi connectivity index (χ1v) is 16.6. The van der Waals surface area contributed by atoms with E-state index in [2.05, 4.69) is 76.2 Å². The maximum Gasteiger partial charge on any atom is 0.000721 e. The number of allylic oxidation sites excluding steroid dienone is 3. The Bertz CT molecular complexity index is 936. The molecule has 0 heterocycles. The van der Waals surface area contributed by atoms with Gasteiger partial charge in [0.25, 0.3) is 0 Å². The molecule has 5 aliphatic rings. The third-order valence-electron chi connectivity index (χ3n) is 14.7. The monoisotopic (exact) mass is 506 g/mol. The highest BCUT2D eigenvalue weighted by Gasteiger charge is 2.67. The third kappa shape index (κ3) is 3.94. The summed E-state index contributed by atoms with van der Waals surface area (Å²) in [7, 11) is 0. The summed E-state index contributed by atoms with van der Waals surface area (Å²) in [6.07, 6.45) is 11.7. The molecule has 4 saturated carbocycles. The molecule has 5 aliphatic carbocycles. The molecule has 13 atom stereocenters. The van der Waals surface area contributed by atoms with Crippen LogP contribution in [0, 0.1) is 81.3 Å². The summed E-state index contributed by atoms with van der Waals surface area (Å²) in [6, 6.07) is 0. The molecule has 0 bridgehead atoms. The van der Waals surface area contributed by atoms with Gasteiger partial charge in [0.2, 0.25) is 0 Å². The Hall–Kier alpha value is -0.520. The first kappa shape index (κ1) is 28.0. The lowest BCUT2D eigenvalue weighted by atomic mass is 9.33. The molecule has 0 aromatic rings. The van der Waals surface area contributed by atoms with Crippen molar-refractivity contribution in [3.05, 3.63) is 23.3 Å². The van der Waals surface area contributed by atoms with E-state index in [0.29, 0.717) is 22.7 Å². The van der Waals surface area contributed by atoms with Gasteiger partial charge in [-0.2, -0.15) is 0 Å². The van der Waals surface area contributed by atoms with Crippen LogP contribution in [0.15, 0.2) is 23.3 Å². The van der Waals surface area contributed by atoms with E-state index in [1.54, 1.807) is 11.1 Å². The second-order valence-electron chi connectivity index (χ2n) is 17.0. The van der Waals surface area contributed by atoms with E-state index in [1.807, 2.05) is 0 Å². The summed E-state index contributed by atoms with van der Waals surface area (Å²) in [4.78, 5) is 0. The van der Waals surface area contributed by atoms with E-state index < -0.39 is 0 Å². The Morgan fingerprint density at radius 2 is 1.49 bits per heavy atom. The van der Waals surface area contributed by atoms with Crippen molar-refractivity contribution < 1.29 is 0 Å². The van der Waals surface area contributed by atoms with E-state index in [-0.39, 0.29) is 5.41 Å². The van der Waals surface area contributed by atoms with Crippen LogP contribution in [0.3, 0.4) is 0 Å². The van der Waals surface area contributed by atoms with Crippen LogP contribution in [-0.4, -0.2) is 0 Å². The van der Waals surface area contributed by atoms with Gasteiger partial charge in [0.15, 0.2) is 0 Å². The predicted octanol–water partition coefficient (Wildman–Crippen LogP) is 11.0. The molecule has 5 rings (SSSR count). The summed E-state index contributed by atoms with van der Waals surface area (Å²) in [5.41, 5.74) is 5.77. The zero-order chi connectivity index (χ0) is 27.2. The van der Waals surface area contributed by atoms with Gasteiger partial charge in [-0.3, -0.25) is 0 Å². The van der Waals surface area contributed by atoms with Crippen LogP contribution < -0.4 is 0 Å². The molecule has 37 heavy (non-hydrogen) atoms. The first-order valence-electron chi connectivity index (χ1n) is 16.6. The molecule has 0 aliphatic heterocycles. The van der Waals surface area contributed by atoms with Crippen molar-refractivity contribution >= 4 is 0 Å². The Morgan fingerprint density at radius 1 is 0.838 bits per heavy atom. The van der Waals surface area contributed by atoms with Crippen molar-refractivity contribution in [2.75, 3.05) is 0 Å². The summed E-state index contributed by atoms with van der Waals surface area (Å²) in [6.45, 7) is 33.4. The molecule has 4 fully saturated rings. The molecule has 0 aromatic carbocycles.